The van der Waals surface area contributed by atoms with Crippen molar-refractivity contribution >= 4 is 29.2 Å². The van der Waals surface area contributed by atoms with Crippen molar-refractivity contribution in [1.82, 2.24) is 29.7 Å². The number of aryl methyl sites for hydroxylation is 1. The summed E-state index contributed by atoms with van der Waals surface area (Å²) in [6.07, 6.45) is -3.63. The molecular weight excluding hydrogens is 504 g/mol. The lowest BCUT2D eigenvalue weighted by Crippen LogP contribution is -2.55. The summed E-state index contributed by atoms with van der Waals surface area (Å²) in [6, 6.07) is 4.86. The van der Waals surface area contributed by atoms with Gasteiger partial charge in [0.05, 0.1) is 5.69 Å². The predicted molar refractivity (Wildman–Crippen MR) is 125 cm³/mol. The van der Waals surface area contributed by atoms with Crippen molar-refractivity contribution < 1.29 is 26.9 Å². The summed E-state index contributed by atoms with van der Waals surface area (Å²) in [5, 5.41) is 9.27. The molecule has 0 bridgehead atoms. The van der Waals surface area contributed by atoms with Gasteiger partial charge < -0.3 is 14.3 Å². The van der Waals surface area contributed by atoms with Crippen molar-refractivity contribution in [3.63, 3.8) is 0 Å². The average Bonchev–Trinajstić information content (AvgIpc) is 3.40. The molecule has 3 aromatic rings. The van der Waals surface area contributed by atoms with Crippen LogP contribution < -0.4 is 0 Å². The van der Waals surface area contributed by atoms with Gasteiger partial charge in [0.15, 0.2) is 0 Å². The molecule has 0 radical (unpaired) electrons. The van der Waals surface area contributed by atoms with Crippen molar-refractivity contribution in [3.05, 3.63) is 35.6 Å². The molecule has 8 nitrogen and oxygen atoms in total. The third kappa shape index (κ3) is 5.34. The molecule has 196 valence electrons. The summed E-state index contributed by atoms with van der Waals surface area (Å²) < 4.78 is 58.6. The molecule has 13 heteroatoms. The highest BCUT2D eigenvalue weighted by Crippen LogP contribution is 2.30. The Morgan fingerprint density at radius 3 is 2.58 bits per heavy atom. The number of rotatable bonds is 6. The van der Waals surface area contributed by atoms with E-state index in [1.807, 2.05) is 13.0 Å². The summed E-state index contributed by atoms with van der Waals surface area (Å²) in [5.41, 5.74) is 1.09. The van der Waals surface area contributed by atoms with Gasteiger partial charge in [0.25, 0.3) is 5.95 Å². The van der Waals surface area contributed by atoms with Gasteiger partial charge in [-0.15, -0.1) is 12.4 Å². The number of amides is 1. The van der Waals surface area contributed by atoms with Crippen LogP contribution in [0.1, 0.15) is 43.7 Å². The standard InChI is InChI=1S/C23H26F4N6O2.ClH/c1-2-18-16-4-3-5-17(24)20(16)33(29-18)22-28-21(35-30-22)15-6-8-31(9-7-15)11-14-12-32(13-14)19(34)10-23(25,26)27;/h3-5,14-15H,2,6-13H2,1H3;1H. The highest BCUT2D eigenvalue weighted by atomic mass is 35.5. The van der Waals surface area contributed by atoms with Crippen LogP contribution in [-0.4, -0.2) is 74.5 Å². The molecule has 2 saturated heterocycles. The Morgan fingerprint density at radius 2 is 1.92 bits per heavy atom. The smallest absolute Gasteiger partial charge is 0.342 e. The van der Waals surface area contributed by atoms with Crippen molar-refractivity contribution in [2.24, 2.45) is 5.92 Å². The Morgan fingerprint density at radius 1 is 1.19 bits per heavy atom. The monoisotopic (exact) mass is 530 g/mol. The molecule has 0 saturated carbocycles. The van der Waals surface area contributed by atoms with E-state index in [1.165, 1.54) is 15.6 Å². The number of piperidine rings is 1. The largest absolute Gasteiger partial charge is 0.397 e. The maximum Gasteiger partial charge on any atom is 0.397 e. The van der Waals surface area contributed by atoms with E-state index in [0.717, 1.165) is 43.6 Å². The van der Waals surface area contributed by atoms with E-state index in [9.17, 15) is 22.4 Å². The zero-order chi connectivity index (χ0) is 24.7. The molecule has 2 aliphatic rings. The lowest BCUT2D eigenvalue weighted by Gasteiger charge is -2.43. The summed E-state index contributed by atoms with van der Waals surface area (Å²) >= 11 is 0. The molecule has 2 aromatic heterocycles. The van der Waals surface area contributed by atoms with Gasteiger partial charge in [0, 0.05) is 36.9 Å². The fraction of sp³-hybridized carbons (Fsp3) is 0.565. The Balaban J connectivity index is 0.00000304. The first-order valence-corrected chi connectivity index (χ1v) is 11.8. The molecule has 0 aliphatic carbocycles. The van der Waals surface area contributed by atoms with Gasteiger partial charge in [0.2, 0.25) is 11.8 Å². The summed E-state index contributed by atoms with van der Waals surface area (Å²) in [7, 11) is 0. The van der Waals surface area contributed by atoms with Gasteiger partial charge in [-0.05, 0) is 43.6 Å². The zero-order valence-electron chi connectivity index (χ0n) is 19.7. The minimum absolute atomic E-state index is 0. The highest BCUT2D eigenvalue weighted by molar-refractivity contribution is 5.85. The van der Waals surface area contributed by atoms with Crippen molar-refractivity contribution in [1.29, 1.82) is 0 Å². The number of alkyl halides is 3. The second-order valence-electron chi connectivity index (χ2n) is 9.31. The molecule has 0 atom stereocenters. The average molecular weight is 531 g/mol. The molecule has 1 aromatic carbocycles. The van der Waals surface area contributed by atoms with Crippen LogP contribution in [0.15, 0.2) is 22.7 Å². The van der Waals surface area contributed by atoms with Crippen molar-refractivity contribution in [2.45, 2.75) is 44.7 Å². The number of likely N-dealkylation sites (tertiary alicyclic amines) is 2. The van der Waals surface area contributed by atoms with Crippen molar-refractivity contribution in [3.8, 4) is 5.95 Å². The minimum Gasteiger partial charge on any atom is -0.342 e. The van der Waals surface area contributed by atoms with Gasteiger partial charge in [-0.25, -0.2) is 4.39 Å². The first-order valence-electron chi connectivity index (χ1n) is 11.8. The SMILES string of the molecule is CCc1nn(-c2noc(C3CCN(CC4CN(C(=O)CC(F)(F)F)C4)CC3)n2)c2c(F)cccc12.Cl. The molecule has 36 heavy (non-hydrogen) atoms. The quantitative estimate of drug-likeness (QED) is 0.446. The Kier molecular flexibility index (Phi) is 7.56. The van der Waals surface area contributed by atoms with Crippen LogP contribution in [0.25, 0.3) is 16.9 Å². The number of para-hydroxylation sites is 1. The number of hydrogen-bond donors (Lipinski definition) is 0. The van der Waals surface area contributed by atoms with E-state index in [1.54, 1.807) is 6.07 Å². The number of fused-ring (bicyclic) bond motifs is 1. The fourth-order valence-electron chi connectivity index (χ4n) is 4.97. The summed E-state index contributed by atoms with van der Waals surface area (Å²) in [4.78, 5) is 19.7. The number of benzene rings is 1. The van der Waals surface area contributed by atoms with Gasteiger partial charge in [-0.1, -0.05) is 19.1 Å². The first kappa shape index (κ1) is 26.3. The maximum absolute atomic E-state index is 14.5. The number of halogens is 5. The Labute approximate surface area is 211 Å². The van der Waals surface area contributed by atoms with Gasteiger partial charge in [0.1, 0.15) is 17.8 Å². The van der Waals surface area contributed by atoms with E-state index >= 15 is 0 Å². The Bertz CT molecular complexity index is 1220. The molecule has 2 fully saturated rings. The van der Waals surface area contributed by atoms with E-state index in [2.05, 4.69) is 20.1 Å². The second-order valence-corrected chi connectivity index (χ2v) is 9.31. The lowest BCUT2D eigenvalue weighted by atomic mass is 9.93. The van der Waals surface area contributed by atoms with Crippen LogP contribution >= 0.6 is 12.4 Å². The van der Waals surface area contributed by atoms with E-state index in [0.29, 0.717) is 30.9 Å². The normalized spacial score (nSPS) is 17.9. The van der Waals surface area contributed by atoms with E-state index in [4.69, 9.17) is 4.52 Å². The molecule has 0 spiro atoms. The molecule has 5 rings (SSSR count). The first-order chi connectivity index (χ1) is 16.7. The van der Waals surface area contributed by atoms with Crippen molar-refractivity contribution in [2.75, 3.05) is 32.7 Å². The number of aromatic nitrogens is 4. The number of hydrogen-bond acceptors (Lipinski definition) is 6. The van der Waals surface area contributed by atoms with Gasteiger partial charge >= 0.3 is 6.18 Å². The molecule has 2 aliphatic heterocycles. The number of carbonyl (C=O) groups is 1. The molecule has 4 heterocycles. The molecule has 0 N–H and O–H groups in total. The van der Waals surface area contributed by atoms with Crippen LogP contribution in [0, 0.1) is 11.7 Å². The van der Waals surface area contributed by atoms with Crippen LogP contribution in [0.5, 0.6) is 0 Å². The van der Waals surface area contributed by atoms with Crippen LogP contribution in [0.3, 0.4) is 0 Å². The molecule has 1 amide bonds. The van der Waals surface area contributed by atoms with E-state index in [-0.39, 0.29) is 30.2 Å². The lowest BCUT2D eigenvalue weighted by molar-refractivity contribution is -0.166. The topological polar surface area (TPSA) is 80.3 Å². The third-order valence-corrected chi connectivity index (χ3v) is 6.80. The van der Waals surface area contributed by atoms with Gasteiger partial charge in [-0.3, -0.25) is 4.79 Å². The van der Waals surface area contributed by atoms with Gasteiger partial charge in [-0.2, -0.15) is 27.9 Å². The third-order valence-electron chi connectivity index (χ3n) is 6.80. The van der Waals surface area contributed by atoms with Crippen LogP contribution in [0.4, 0.5) is 17.6 Å². The minimum atomic E-state index is -4.46. The Hall–Kier alpha value is -2.73. The second kappa shape index (κ2) is 10.3. The summed E-state index contributed by atoms with van der Waals surface area (Å²) in [6.45, 7) is 5.01. The predicted octanol–water partition coefficient (Wildman–Crippen LogP) is 4.12. The van der Waals surface area contributed by atoms with Crippen LogP contribution in [0.2, 0.25) is 0 Å². The fourth-order valence-corrected chi connectivity index (χ4v) is 4.97. The van der Waals surface area contributed by atoms with Crippen LogP contribution in [-0.2, 0) is 11.2 Å². The molecule has 0 unspecified atom stereocenters. The maximum atomic E-state index is 14.5. The summed E-state index contributed by atoms with van der Waals surface area (Å²) in [5.74, 6) is -0.300. The number of nitrogens with zero attached hydrogens (tertiary/aromatic N) is 6. The molecular formula is C23H27ClF4N6O2. The van der Waals surface area contributed by atoms with E-state index < -0.39 is 24.3 Å². The zero-order valence-corrected chi connectivity index (χ0v) is 20.5. The highest BCUT2D eigenvalue weighted by Gasteiger charge is 2.39. The number of carbonyl (C=O) groups excluding carboxylic acids is 1.